The van der Waals surface area contributed by atoms with Crippen LogP contribution in [0.1, 0.15) is 37.3 Å². The molecule has 5 heteroatoms. The smallest absolute Gasteiger partial charge is 0.161 e. The lowest BCUT2D eigenvalue weighted by Crippen LogP contribution is -2.51. The average Bonchev–Trinajstić information content (AvgIpc) is 2.87. The SMILES string of the molecule is COc1ccccc1OCC(O)CNC(C)(C)CN(C)CCC(c1ccccc1)c1ccccc1. The number of benzene rings is 3. The van der Waals surface area contributed by atoms with Crippen LogP contribution in [0.5, 0.6) is 11.5 Å². The van der Waals surface area contributed by atoms with E-state index in [9.17, 15) is 5.11 Å². The molecule has 1 unspecified atom stereocenters. The molecule has 35 heavy (non-hydrogen) atoms. The van der Waals surface area contributed by atoms with Gasteiger partial charge in [0.1, 0.15) is 12.7 Å². The number of methoxy groups -OCH3 is 1. The van der Waals surface area contributed by atoms with E-state index in [0.29, 0.717) is 24.0 Å². The molecular weight excluding hydrogens is 436 g/mol. The van der Waals surface area contributed by atoms with Crippen LogP contribution >= 0.6 is 0 Å². The highest BCUT2D eigenvalue weighted by Crippen LogP contribution is 2.28. The Hall–Kier alpha value is -2.86. The predicted octanol–water partition coefficient (Wildman–Crippen LogP) is 4.96. The Kier molecular flexibility index (Phi) is 10.2. The van der Waals surface area contributed by atoms with Crippen LogP contribution in [-0.2, 0) is 0 Å². The topological polar surface area (TPSA) is 54.0 Å². The van der Waals surface area contributed by atoms with Crippen molar-refractivity contribution in [3.63, 3.8) is 0 Å². The van der Waals surface area contributed by atoms with Crippen molar-refractivity contribution in [1.29, 1.82) is 0 Å². The van der Waals surface area contributed by atoms with E-state index < -0.39 is 6.10 Å². The Morgan fingerprint density at radius 2 is 1.40 bits per heavy atom. The lowest BCUT2D eigenvalue weighted by Gasteiger charge is -2.33. The van der Waals surface area contributed by atoms with Crippen molar-refractivity contribution >= 4 is 0 Å². The molecule has 3 rings (SSSR count). The lowest BCUT2D eigenvalue weighted by atomic mass is 9.88. The summed E-state index contributed by atoms with van der Waals surface area (Å²) < 4.78 is 11.1. The zero-order valence-corrected chi connectivity index (χ0v) is 21.5. The molecular formula is C30H40N2O3. The summed E-state index contributed by atoms with van der Waals surface area (Å²) in [5, 5.41) is 14.0. The Balaban J connectivity index is 1.47. The highest BCUT2D eigenvalue weighted by molar-refractivity contribution is 5.39. The summed E-state index contributed by atoms with van der Waals surface area (Å²) in [6, 6.07) is 29.0. The fourth-order valence-corrected chi connectivity index (χ4v) is 4.43. The van der Waals surface area contributed by atoms with Crippen LogP contribution in [0.2, 0.25) is 0 Å². The van der Waals surface area contributed by atoms with E-state index in [2.05, 4.69) is 91.8 Å². The first-order valence-corrected chi connectivity index (χ1v) is 12.4. The van der Waals surface area contributed by atoms with Crippen molar-refractivity contribution in [3.8, 4) is 11.5 Å². The highest BCUT2D eigenvalue weighted by Gasteiger charge is 2.22. The van der Waals surface area contributed by atoms with Gasteiger partial charge in [0.2, 0.25) is 0 Å². The van der Waals surface area contributed by atoms with Crippen LogP contribution in [0.4, 0.5) is 0 Å². The van der Waals surface area contributed by atoms with Crippen LogP contribution in [0.15, 0.2) is 84.9 Å². The molecule has 0 saturated carbocycles. The Morgan fingerprint density at radius 3 is 1.97 bits per heavy atom. The summed E-state index contributed by atoms with van der Waals surface area (Å²) in [4.78, 5) is 2.36. The molecule has 0 aromatic heterocycles. The van der Waals surface area contributed by atoms with Crippen LogP contribution in [-0.4, -0.2) is 62.0 Å². The van der Waals surface area contributed by atoms with Gasteiger partial charge in [-0.25, -0.2) is 0 Å². The summed E-state index contributed by atoms with van der Waals surface area (Å²) in [6.07, 6.45) is 0.417. The summed E-state index contributed by atoms with van der Waals surface area (Å²) in [5.41, 5.74) is 2.54. The summed E-state index contributed by atoms with van der Waals surface area (Å²) in [7, 11) is 3.78. The van der Waals surface area contributed by atoms with E-state index >= 15 is 0 Å². The maximum Gasteiger partial charge on any atom is 0.161 e. The minimum Gasteiger partial charge on any atom is -0.493 e. The lowest BCUT2D eigenvalue weighted by molar-refractivity contribution is 0.0936. The molecule has 188 valence electrons. The minimum atomic E-state index is -0.620. The number of aliphatic hydroxyl groups is 1. The highest BCUT2D eigenvalue weighted by atomic mass is 16.5. The molecule has 5 nitrogen and oxygen atoms in total. The Bertz CT molecular complexity index is 955. The number of likely N-dealkylation sites (N-methyl/N-ethyl adjacent to an activating group) is 1. The zero-order valence-electron chi connectivity index (χ0n) is 21.5. The number of β-amino-alcohol motifs (C(OH)–C–C–N with tert-alkyl or cyclic N) is 1. The average molecular weight is 477 g/mol. The van der Waals surface area contributed by atoms with Crippen molar-refractivity contribution in [1.82, 2.24) is 10.2 Å². The first-order chi connectivity index (χ1) is 16.9. The van der Waals surface area contributed by atoms with E-state index in [-0.39, 0.29) is 12.1 Å². The number of hydrogen-bond donors (Lipinski definition) is 2. The molecule has 0 fully saturated rings. The van der Waals surface area contributed by atoms with Crippen molar-refractivity contribution in [2.75, 3.05) is 40.4 Å². The van der Waals surface area contributed by atoms with E-state index in [1.54, 1.807) is 7.11 Å². The number of rotatable bonds is 14. The first-order valence-electron chi connectivity index (χ1n) is 12.4. The van der Waals surface area contributed by atoms with Gasteiger partial charge in [-0.2, -0.15) is 0 Å². The molecule has 0 saturated heterocycles. The van der Waals surface area contributed by atoms with Gasteiger partial charge in [-0.1, -0.05) is 72.8 Å². The standard InChI is InChI=1S/C30H40N2O3/c1-30(2,31-21-26(33)22-35-29-18-12-11-17-28(29)34-4)23-32(3)20-19-27(24-13-7-5-8-14-24)25-15-9-6-10-16-25/h5-18,26-27,31,33H,19-23H2,1-4H3. The molecule has 0 aliphatic heterocycles. The number of para-hydroxylation sites is 2. The van der Waals surface area contributed by atoms with Gasteiger partial charge >= 0.3 is 0 Å². The normalized spacial score (nSPS) is 12.7. The quantitative estimate of drug-likeness (QED) is 0.345. The zero-order chi connectivity index (χ0) is 25.1. The molecule has 0 heterocycles. The largest absolute Gasteiger partial charge is 0.493 e. The van der Waals surface area contributed by atoms with Crippen LogP contribution in [0.25, 0.3) is 0 Å². The second-order valence-corrected chi connectivity index (χ2v) is 9.78. The van der Waals surface area contributed by atoms with Crippen molar-refractivity contribution < 1.29 is 14.6 Å². The number of hydrogen-bond acceptors (Lipinski definition) is 5. The van der Waals surface area contributed by atoms with Crippen molar-refractivity contribution in [2.24, 2.45) is 0 Å². The van der Waals surface area contributed by atoms with Gasteiger partial charge in [-0.05, 0) is 57.1 Å². The van der Waals surface area contributed by atoms with Gasteiger partial charge in [0.05, 0.1) is 7.11 Å². The third-order valence-electron chi connectivity index (χ3n) is 6.19. The second-order valence-electron chi connectivity index (χ2n) is 9.78. The molecule has 0 bridgehead atoms. The van der Waals surface area contributed by atoms with Gasteiger partial charge in [-0.15, -0.1) is 0 Å². The first kappa shape index (κ1) is 26.7. The Labute approximate surface area is 210 Å². The van der Waals surface area contributed by atoms with E-state index in [0.717, 1.165) is 19.5 Å². The van der Waals surface area contributed by atoms with E-state index in [4.69, 9.17) is 9.47 Å². The fraction of sp³-hybridized carbons (Fsp3) is 0.400. The van der Waals surface area contributed by atoms with Crippen molar-refractivity contribution in [3.05, 3.63) is 96.1 Å². The molecule has 3 aromatic carbocycles. The number of nitrogens with one attached hydrogen (secondary N) is 1. The van der Waals surface area contributed by atoms with E-state index in [1.165, 1.54) is 11.1 Å². The number of aliphatic hydroxyl groups excluding tert-OH is 1. The van der Waals surface area contributed by atoms with Gasteiger partial charge in [0.25, 0.3) is 0 Å². The Morgan fingerprint density at radius 1 is 0.857 bits per heavy atom. The molecule has 3 aromatic rings. The molecule has 1 atom stereocenters. The monoisotopic (exact) mass is 476 g/mol. The van der Waals surface area contributed by atoms with Gasteiger partial charge < -0.3 is 24.8 Å². The molecule has 0 radical (unpaired) electrons. The van der Waals surface area contributed by atoms with E-state index in [1.807, 2.05) is 24.3 Å². The van der Waals surface area contributed by atoms with Gasteiger partial charge in [-0.3, -0.25) is 0 Å². The molecule has 0 aliphatic carbocycles. The summed E-state index contributed by atoms with van der Waals surface area (Å²) in [5.74, 6) is 1.67. The predicted molar refractivity (Wildman–Crippen MR) is 143 cm³/mol. The molecule has 0 aliphatic rings. The number of ether oxygens (including phenoxy) is 2. The third kappa shape index (κ3) is 8.70. The minimum absolute atomic E-state index is 0.158. The fourth-order valence-electron chi connectivity index (χ4n) is 4.43. The van der Waals surface area contributed by atoms with Gasteiger partial charge in [0.15, 0.2) is 11.5 Å². The molecule has 2 N–H and O–H groups in total. The second kappa shape index (κ2) is 13.3. The van der Waals surface area contributed by atoms with Gasteiger partial charge in [0, 0.05) is 24.5 Å². The van der Waals surface area contributed by atoms with Crippen molar-refractivity contribution in [2.45, 2.75) is 37.8 Å². The molecule has 0 spiro atoms. The summed E-state index contributed by atoms with van der Waals surface area (Å²) >= 11 is 0. The summed E-state index contributed by atoms with van der Waals surface area (Å²) in [6.45, 7) is 6.83. The van der Waals surface area contributed by atoms with Crippen LogP contribution < -0.4 is 14.8 Å². The maximum atomic E-state index is 10.5. The van der Waals surface area contributed by atoms with Crippen LogP contribution in [0.3, 0.4) is 0 Å². The number of nitrogens with zero attached hydrogens (tertiary/aromatic N) is 1. The molecule has 0 amide bonds. The third-order valence-corrected chi connectivity index (χ3v) is 6.19. The van der Waals surface area contributed by atoms with Crippen LogP contribution in [0, 0.1) is 0 Å². The maximum absolute atomic E-state index is 10.5.